The first kappa shape index (κ1) is 12.8. The molecule has 2 atom stereocenters. The van der Waals surface area contributed by atoms with Crippen molar-refractivity contribution >= 4 is 18.5 Å². The average Bonchev–Trinajstić information content (AvgIpc) is 2.45. The second-order valence-electron chi connectivity index (χ2n) is 4.58. The summed E-state index contributed by atoms with van der Waals surface area (Å²) in [6, 6.07) is 0.334. The number of amides is 1. The van der Waals surface area contributed by atoms with Gasteiger partial charge in [-0.05, 0) is 38.3 Å². The standard InChI is InChI=1S/C11H22N2OS/c1-8(2)10(15)11(14)13-9-4-3-6-12-7-5-9/h8-10,12,15H,3-7H2,1-2H3,(H,13,14)/t9-,10-/m0/s1. The minimum atomic E-state index is -0.179. The monoisotopic (exact) mass is 230 g/mol. The molecule has 0 unspecified atom stereocenters. The first-order chi connectivity index (χ1) is 7.11. The summed E-state index contributed by atoms with van der Waals surface area (Å²) < 4.78 is 0. The Morgan fingerprint density at radius 2 is 2.13 bits per heavy atom. The van der Waals surface area contributed by atoms with E-state index < -0.39 is 0 Å². The van der Waals surface area contributed by atoms with Gasteiger partial charge in [-0.1, -0.05) is 13.8 Å². The number of rotatable bonds is 3. The number of nitrogens with one attached hydrogen (secondary N) is 2. The molecule has 0 radical (unpaired) electrons. The molecule has 0 spiro atoms. The van der Waals surface area contributed by atoms with E-state index in [0.29, 0.717) is 6.04 Å². The van der Waals surface area contributed by atoms with Crippen LogP contribution in [0.4, 0.5) is 0 Å². The Morgan fingerprint density at radius 1 is 1.40 bits per heavy atom. The second kappa shape index (κ2) is 6.38. The molecule has 1 heterocycles. The molecule has 0 bridgehead atoms. The SMILES string of the molecule is CC(C)[C@H](S)C(=O)N[C@H]1CCCNCC1. The third-order valence-electron chi connectivity index (χ3n) is 2.82. The van der Waals surface area contributed by atoms with Gasteiger partial charge in [0.25, 0.3) is 0 Å². The van der Waals surface area contributed by atoms with Crippen LogP contribution in [-0.4, -0.2) is 30.3 Å². The van der Waals surface area contributed by atoms with E-state index in [9.17, 15) is 4.79 Å². The van der Waals surface area contributed by atoms with Gasteiger partial charge in [0, 0.05) is 6.04 Å². The summed E-state index contributed by atoms with van der Waals surface area (Å²) in [5.74, 6) is 0.373. The first-order valence-corrected chi connectivity index (χ1v) is 6.32. The van der Waals surface area contributed by atoms with Crippen molar-refractivity contribution in [1.29, 1.82) is 0 Å². The largest absolute Gasteiger partial charge is 0.352 e. The van der Waals surface area contributed by atoms with Crippen LogP contribution in [0.15, 0.2) is 0 Å². The van der Waals surface area contributed by atoms with Crippen LogP contribution in [0.2, 0.25) is 0 Å². The lowest BCUT2D eigenvalue weighted by molar-refractivity contribution is -0.121. The van der Waals surface area contributed by atoms with Gasteiger partial charge >= 0.3 is 0 Å². The molecule has 0 aromatic carbocycles. The Balaban J connectivity index is 2.35. The zero-order valence-corrected chi connectivity index (χ0v) is 10.5. The number of thiol groups is 1. The molecular formula is C11H22N2OS. The van der Waals surface area contributed by atoms with Crippen LogP contribution in [0.25, 0.3) is 0 Å². The molecule has 88 valence electrons. The quantitative estimate of drug-likeness (QED) is 0.638. The molecule has 0 saturated carbocycles. The van der Waals surface area contributed by atoms with E-state index >= 15 is 0 Å². The molecule has 1 aliphatic rings. The topological polar surface area (TPSA) is 41.1 Å². The number of hydrogen-bond donors (Lipinski definition) is 3. The van der Waals surface area contributed by atoms with Crippen LogP contribution in [0.5, 0.6) is 0 Å². The van der Waals surface area contributed by atoms with Crippen LogP contribution in [0.1, 0.15) is 33.1 Å². The molecule has 3 nitrogen and oxygen atoms in total. The third kappa shape index (κ3) is 4.43. The average molecular weight is 230 g/mol. The predicted molar refractivity (Wildman–Crippen MR) is 66.3 cm³/mol. The summed E-state index contributed by atoms with van der Waals surface area (Å²) in [6.45, 7) is 6.11. The van der Waals surface area contributed by atoms with Gasteiger partial charge in [0.2, 0.25) is 5.91 Å². The molecule has 1 saturated heterocycles. The smallest absolute Gasteiger partial charge is 0.233 e. The molecule has 1 aliphatic heterocycles. The van der Waals surface area contributed by atoms with Crippen molar-refractivity contribution in [2.75, 3.05) is 13.1 Å². The zero-order valence-electron chi connectivity index (χ0n) is 9.62. The molecule has 0 aromatic heterocycles. The van der Waals surface area contributed by atoms with Crippen molar-refractivity contribution in [3.63, 3.8) is 0 Å². The van der Waals surface area contributed by atoms with Crippen molar-refractivity contribution in [3.8, 4) is 0 Å². The van der Waals surface area contributed by atoms with E-state index in [0.717, 1.165) is 32.4 Å². The van der Waals surface area contributed by atoms with E-state index in [1.54, 1.807) is 0 Å². The lowest BCUT2D eigenvalue weighted by Crippen LogP contribution is -2.41. The normalized spacial score (nSPS) is 24.7. The van der Waals surface area contributed by atoms with Gasteiger partial charge in [0.05, 0.1) is 5.25 Å². The highest BCUT2D eigenvalue weighted by Crippen LogP contribution is 2.11. The van der Waals surface area contributed by atoms with Crippen LogP contribution in [0.3, 0.4) is 0 Å². The minimum absolute atomic E-state index is 0.0835. The van der Waals surface area contributed by atoms with E-state index in [1.807, 2.05) is 13.8 Å². The number of carbonyl (C=O) groups is 1. The molecule has 1 rings (SSSR count). The highest BCUT2D eigenvalue weighted by atomic mass is 32.1. The molecule has 1 fully saturated rings. The van der Waals surface area contributed by atoms with Gasteiger partial charge in [-0.15, -0.1) is 0 Å². The van der Waals surface area contributed by atoms with E-state index in [1.165, 1.54) is 0 Å². The second-order valence-corrected chi connectivity index (χ2v) is 5.13. The summed E-state index contributed by atoms with van der Waals surface area (Å²) in [6.07, 6.45) is 3.26. The Bertz CT molecular complexity index is 201. The Kier molecular flexibility index (Phi) is 5.47. The van der Waals surface area contributed by atoms with Crippen LogP contribution < -0.4 is 10.6 Å². The summed E-state index contributed by atoms with van der Waals surface area (Å²) in [5, 5.41) is 6.24. The van der Waals surface area contributed by atoms with Crippen molar-refractivity contribution in [2.24, 2.45) is 5.92 Å². The first-order valence-electron chi connectivity index (χ1n) is 5.80. The zero-order chi connectivity index (χ0) is 11.3. The molecule has 0 aliphatic carbocycles. The van der Waals surface area contributed by atoms with Gasteiger partial charge in [0.15, 0.2) is 0 Å². The van der Waals surface area contributed by atoms with Gasteiger partial charge in [-0.3, -0.25) is 4.79 Å². The summed E-state index contributed by atoms with van der Waals surface area (Å²) in [4.78, 5) is 11.8. The molecular weight excluding hydrogens is 208 g/mol. The third-order valence-corrected chi connectivity index (χ3v) is 3.65. The van der Waals surface area contributed by atoms with E-state index in [2.05, 4.69) is 23.3 Å². The molecule has 4 heteroatoms. The molecule has 15 heavy (non-hydrogen) atoms. The van der Waals surface area contributed by atoms with Crippen LogP contribution >= 0.6 is 12.6 Å². The van der Waals surface area contributed by atoms with E-state index in [-0.39, 0.29) is 17.1 Å². The van der Waals surface area contributed by atoms with Gasteiger partial charge in [-0.25, -0.2) is 0 Å². The number of carbonyl (C=O) groups excluding carboxylic acids is 1. The van der Waals surface area contributed by atoms with Crippen LogP contribution in [0, 0.1) is 5.92 Å². The fraction of sp³-hybridized carbons (Fsp3) is 0.909. The van der Waals surface area contributed by atoms with Crippen molar-refractivity contribution in [1.82, 2.24) is 10.6 Å². The minimum Gasteiger partial charge on any atom is -0.352 e. The molecule has 1 amide bonds. The lowest BCUT2D eigenvalue weighted by Gasteiger charge is -2.20. The Morgan fingerprint density at radius 3 is 2.80 bits per heavy atom. The van der Waals surface area contributed by atoms with E-state index in [4.69, 9.17) is 0 Å². The predicted octanol–water partition coefficient (Wildman–Crippen LogP) is 1.20. The highest BCUT2D eigenvalue weighted by molar-refractivity contribution is 7.81. The van der Waals surface area contributed by atoms with Crippen molar-refractivity contribution in [3.05, 3.63) is 0 Å². The summed E-state index contributed by atoms with van der Waals surface area (Å²) in [7, 11) is 0. The van der Waals surface area contributed by atoms with Crippen molar-refractivity contribution in [2.45, 2.75) is 44.4 Å². The fourth-order valence-electron chi connectivity index (χ4n) is 1.75. The van der Waals surface area contributed by atoms with Crippen LogP contribution in [-0.2, 0) is 4.79 Å². The fourth-order valence-corrected chi connectivity index (χ4v) is 1.83. The van der Waals surface area contributed by atoms with Gasteiger partial charge < -0.3 is 10.6 Å². The Hall–Kier alpha value is -0.220. The molecule has 0 aromatic rings. The van der Waals surface area contributed by atoms with Crippen molar-refractivity contribution < 1.29 is 4.79 Å². The Labute approximate surface area is 97.8 Å². The summed E-state index contributed by atoms with van der Waals surface area (Å²) in [5.41, 5.74) is 0. The van der Waals surface area contributed by atoms with Gasteiger partial charge in [0.1, 0.15) is 0 Å². The molecule has 2 N–H and O–H groups in total. The number of hydrogen-bond acceptors (Lipinski definition) is 3. The maximum Gasteiger partial charge on any atom is 0.233 e. The van der Waals surface area contributed by atoms with Gasteiger partial charge in [-0.2, -0.15) is 12.6 Å². The lowest BCUT2D eigenvalue weighted by atomic mass is 10.1. The highest BCUT2D eigenvalue weighted by Gasteiger charge is 2.21. The maximum absolute atomic E-state index is 11.8. The maximum atomic E-state index is 11.8. The summed E-state index contributed by atoms with van der Waals surface area (Å²) >= 11 is 4.32.